The van der Waals surface area contributed by atoms with E-state index in [1.807, 2.05) is 6.07 Å². The largest absolute Gasteiger partial charge is 0.438 e. The van der Waals surface area contributed by atoms with Crippen molar-refractivity contribution in [3.63, 3.8) is 0 Å². The molecule has 5 rings (SSSR count). The third-order valence-electron chi connectivity index (χ3n) is 7.40. The molecule has 3 aromatic heterocycles. The summed E-state index contributed by atoms with van der Waals surface area (Å²) in [7, 11) is 3.69. The molecule has 2 unspecified atom stereocenters. The number of aryl methyl sites for hydroxylation is 1. The number of hydrogen-bond acceptors (Lipinski definition) is 8. The Hall–Kier alpha value is -3.32. The Balaban J connectivity index is 1.39. The van der Waals surface area contributed by atoms with Gasteiger partial charge >= 0.3 is 6.18 Å². The molecule has 2 fully saturated rings. The topological polar surface area (TPSA) is 131 Å². The fraction of sp³-hybridized carbons (Fsp3) is 0.542. The van der Waals surface area contributed by atoms with Crippen molar-refractivity contribution in [1.82, 2.24) is 19.7 Å². The lowest BCUT2D eigenvalue weighted by molar-refractivity contribution is -0.177. The normalized spacial score (nSPS) is 22.1. The number of likely N-dealkylation sites (tertiary alicyclic amines) is 1. The number of carbonyl (C=O) groups excluding carboxylic acids is 1. The number of aromatic nitrogens is 3. The number of halogens is 3. The Morgan fingerprint density at radius 3 is 2.62 bits per heavy atom. The van der Waals surface area contributed by atoms with E-state index in [4.69, 9.17) is 15.9 Å². The summed E-state index contributed by atoms with van der Waals surface area (Å²) in [6, 6.07) is 1.21. The number of hydrogen-bond donors (Lipinski definition) is 3. The summed E-state index contributed by atoms with van der Waals surface area (Å²) in [5, 5.41) is 6.90. The molecule has 200 valence electrons. The van der Waals surface area contributed by atoms with Crippen LogP contribution in [0.5, 0.6) is 0 Å². The Kier molecular flexibility index (Phi) is 6.52. The van der Waals surface area contributed by atoms with Gasteiger partial charge in [0.2, 0.25) is 5.88 Å². The Bertz CT molecular complexity index is 1300. The van der Waals surface area contributed by atoms with Gasteiger partial charge in [-0.1, -0.05) is 0 Å². The van der Waals surface area contributed by atoms with E-state index in [1.165, 1.54) is 15.8 Å². The van der Waals surface area contributed by atoms with Gasteiger partial charge in [0, 0.05) is 32.4 Å². The van der Waals surface area contributed by atoms with E-state index in [0.717, 1.165) is 31.5 Å². The summed E-state index contributed by atoms with van der Waals surface area (Å²) >= 11 is 0. The van der Waals surface area contributed by atoms with Gasteiger partial charge in [-0.05, 0) is 56.9 Å². The second-order valence-electron chi connectivity index (χ2n) is 10.1. The molecule has 0 radical (unpaired) electrons. The Labute approximate surface area is 211 Å². The van der Waals surface area contributed by atoms with Gasteiger partial charge in [0.05, 0.1) is 12.1 Å². The number of fused-ring (bicyclic) bond motifs is 1. The summed E-state index contributed by atoms with van der Waals surface area (Å²) < 4.78 is 47.5. The number of alkyl halides is 3. The first-order chi connectivity index (χ1) is 17.5. The van der Waals surface area contributed by atoms with Crippen molar-refractivity contribution in [3.8, 4) is 0 Å². The van der Waals surface area contributed by atoms with Crippen LogP contribution in [0.25, 0.3) is 11.1 Å². The quantitative estimate of drug-likeness (QED) is 0.479. The van der Waals surface area contributed by atoms with Crippen molar-refractivity contribution in [2.75, 3.05) is 49.2 Å². The lowest BCUT2D eigenvalue weighted by Gasteiger charge is -2.38. The second kappa shape index (κ2) is 9.53. The third kappa shape index (κ3) is 4.97. The van der Waals surface area contributed by atoms with Crippen LogP contribution in [0.1, 0.15) is 41.1 Å². The van der Waals surface area contributed by atoms with Gasteiger partial charge in [-0.25, -0.2) is 0 Å². The maximum absolute atomic E-state index is 13.5. The molecule has 13 heteroatoms. The van der Waals surface area contributed by atoms with Crippen molar-refractivity contribution < 1.29 is 22.4 Å². The highest BCUT2D eigenvalue weighted by atomic mass is 19.4. The number of nitrogens with one attached hydrogen (secondary N) is 1. The molecule has 10 nitrogen and oxygen atoms in total. The highest BCUT2D eigenvalue weighted by Gasteiger charge is 2.44. The minimum atomic E-state index is -4.37. The minimum absolute atomic E-state index is 0.0724. The number of nitrogens with two attached hydrogens (primary N) is 2. The average Bonchev–Trinajstić information content (AvgIpc) is 3.36. The SMILES string of the molecule is CN1CCC(c2cnc3c(C(=O)Nc4cnn(C)c4N4CC(N)CC(C(F)(F)F)C4)c(N)oc3c2)CC1. The van der Waals surface area contributed by atoms with Crippen LogP contribution in [-0.2, 0) is 7.05 Å². The molecule has 5 heterocycles. The zero-order valence-electron chi connectivity index (χ0n) is 20.8. The van der Waals surface area contributed by atoms with E-state index in [9.17, 15) is 18.0 Å². The van der Waals surface area contributed by atoms with Crippen LogP contribution in [0.3, 0.4) is 0 Å². The van der Waals surface area contributed by atoms with Gasteiger partial charge in [0.15, 0.2) is 11.4 Å². The molecule has 37 heavy (non-hydrogen) atoms. The first-order valence-corrected chi connectivity index (χ1v) is 12.3. The molecule has 0 bridgehead atoms. The smallest absolute Gasteiger partial charge is 0.393 e. The van der Waals surface area contributed by atoms with Crippen molar-refractivity contribution in [1.29, 1.82) is 0 Å². The van der Waals surface area contributed by atoms with Crippen LogP contribution in [0.2, 0.25) is 0 Å². The number of nitrogen functional groups attached to an aromatic ring is 1. The van der Waals surface area contributed by atoms with Crippen LogP contribution in [-0.4, -0.2) is 71.0 Å². The predicted molar refractivity (Wildman–Crippen MR) is 133 cm³/mol. The molecule has 3 aromatic rings. The minimum Gasteiger partial charge on any atom is -0.438 e. The van der Waals surface area contributed by atoms with E-state index in [1.54, 1.807) is 13.2 Å². The number of anilines is 3. The summed E-state index contributed by atoms with van der Waals surface area (Å²) in [4.78, 5) is 21.6. The van der Waals surface area contributed by atoms with E-state index < -0.39 is 24.0 Å². The van der Waals surface area contributed by atoms with Crippen molar-refractivity contribution in [2.45, 2.75) is 37.4 Å². The predicted octanol–water partition coefficient (Wildman–Crippen LogP) is 2.92. The molecular weight excluding hydrogens is 489 g/mol. The van der Waals surface area contributed by atoms with Crippen molar-refractivity contribution >= 4 is 34.4 Å². The number of amides is 1. The number of carbonyl (C=O) groups is 1. The second-order valence-corrected chi connectivity index (χ2v) is 10.1. The molecule has 0 saturated carbocycles. The molecule has 5 N–H and O–H groups in total. The van der Waals surface area contributed by atoms with Crippen LogP contribution in [0, 0.1) is 5.92 Å². The number of piperidine rings is 2. The van der Waals surface area contributed by atoms with Gasteiger partial charge in [-0.2, -0.15) is 18.3 Å². The van der Waals surface area contributed by atoms with E-state index in [0.29, 0.717) is 22.8 Å². The molecule has 0 aliphatic carbocycles. The van der Waals surface area contributed by atoms with Gasteiger partial charge in [0.25, 0.3) is 5.91 Å². The Morgan fingerprint density at radius 1 is 1.19 bits per heavy atom. The van der Waals surface area contributed by atoms with Crippen LogP contribution in [0.4, 0.5) is 30.6 Å². The summed E-state index contributed by atoms with van der Waals surface area (Å²) in [6.45, 7) is 1.91. The first kappa shape index (κ1) is 25.3. The fourth-order valence-corrected chi connectivity index (χ4v) is 5.42. The number of pyridine rings is 1. The number of rotatable bonds is 4. The van der Waals surface area contributed by atoms with Crippen molar-refractivity contribution in [3.05, 3.63) is 29.6 Å². The van der Waals surface area contributed by atoms with E-state index in [-0.39, 0.29) is 36.6 Å². The maximum Gasteiger partial charge on any atom is 0.393 e. The third-order valence-corrected chi connectivity index (χ3v) is 7.40. The van der Waals surface area contributed by atoms with Gasteiger partial charge in [0.1, 0.15) is 16.8 Å². The highest BCUT2D eigenvalue weighted by Crippen LogP contribution is 2.37. The van der Waals surface area contributed by atoms with Crippen LogP contribution >= 0.6 is 0 Å². The van der Waals surface area contributed by atoms with Gasteiger partial charge in [-0.15, -0.1) is 0 Å². The number of furan rings is 1. The van der Waals surface area contributed by atoms with Crippen LogP contribution in [0.15, 0.2) is 22.9 Å². The molecule has 1 amide bonds. The molecule has 0 aromatic carbocycles. The van der Waals surface area contributed by atoms with E-state index >= 15 is 0 Å². The van der Waals surface area contributed by atoms with Crippen molar-refractivity contribution in [2.24, 2.45) is 18.7 Å². The average molecular weight is 521 g/mol. The monoisotopic (exact) mass is 520 g/mol. The summed E-state index contributed by atoms with van der Waals surface area (Å²) in [5.41, 5.74) is 14.1. The fourth-order valence-electron chi connectivity index (χ4n) is 5.42. The van der Waals surface area contributed by atoms with E-state index in [2.05, 4.69) is 27.3 Å². The maximum atomic E-state index is 13.5. The first-order valence-electron chi connectivity index (χ1n) is 12.3. The lowest BCUT2D eigenvalue weighted by Crippen LogP contribution is -2.51. The molecule has 2 saturated heterocycles. The van der Waals surface area contributed by atoms with Gasteiger partial charge in [-0.3, -0.25) is 14.5 Å². The van der Waals surface area contributed by atoms with Gasteiger partial charge < -0.3 is 31.0 Å². The highest BCUT2D eigenvalue weighted by molar-refractivity contribution is 6.15. The molecule has 0 spiro atoms. The number of nitrogens with zero attached hydrogens (tertiary/aromatic N) is 5. The molecule has 2 aliphatic heterocycles. The molecule has 2 atom stereocenters. The summed E-state index contributed by atoms with van der Waals surface area (Å²) in [6.07, 6.45) is 0.632. The zero-order chi connectivity index (χ0) is 26.5. The van der Waals surface area contributed by atoms with Crippen LogP contribution < -0.4 is 21.7 Å². The zero-order valence-corrected chi connectivity index (χ0v) is 20.8. The molecular formula is C24H31F3N8O2. The molecule has 2 aliphatic rings. The summed E-state index contributed by atoms with van der Waals surface area (Å²) in [5.74, 6) is -1.55. The lowest BCUT2D eigenvalue weighted by atomic mass is 9.90. The Morgan fingerprint density at radius 2 is 1.92 bits per heavy atom. The standard InChI is InChI=1S/C24H31F3N8O2/c1-33-5-3-13(4-6-33)14-7-18-20(30-9-14)19(21(29)37-18)22(36)32-17-10-31-34(2)23(17)35-11-15(24(25,26)27)8-16(28)12-35/h7,9-10,13,15-16H,3-6,8,11-12,28-29H2,1-2H3,(H,32,36).